The van der Waals surface area contributed by atoms with Crippen LogP contribution in [0.15, 0.2) is 78.2 Å². The van der Waals surface area contributed by atoms with Gasteiger partial charge in [0.2, 0.25) is 0 Å². The number of methoxy groups -OCH3 is 1. The molecule has 31 heavy (non-hydrogen) atoms. The lowest BCUT2D eigenvalue weighted by molar-refractivity contribution is -0.137. The SMILES string of the molecule is COc1ccc(-n2c(SCc3ccc(C(F)(F)F)cc3)nnc2-c2ccncc2)cc1. The van der Waals surface area contributed by atoms with E-state index < -0.39 is 11.7 Å². The number of halogens is 3. The van der Waals surface area contributed by atoms with Gasteiger partial charge in [0.1, 0.15) is 5.75 Å². The summed E-state index contributed by atoms with van der Waals surface area (Å²) in [7, 11) is 1.60. The largest absolute Gasteiger partial charge is 0.497 e. The fourth-order valence-corrected chi connectivity index (χ4v) is 3.86. The van der Waals surface area contributed by atoms with Crippen LogP contribution in [-0.2, 0) is 11.9 Å². The van der Waals surface area contributed by atoms with Crippen LogP contribution in [0.2, 0.25) is 0 Å². The van der Waals surface area contributed by atoms with Crippen LogP contribution in [0.1, 0.15) is 11.1 Å². The molecule has 0 fully saturated rings. The summed E-state index contributed by atoms with van der Waals surface area (Å²) in [6.07, 6.45) is -0.992. The van der Waals surface area contributed by atoms with Crippen molar-refractivity contribution in [3.05, 3.63) is 84.2 Å². The number of benzene rings is 2. The van der Waals surface area contributed by atoms with Gasteiger partial charge in [0.15, 0.2) is 11.0 Å². The molecule has 4 rings (SSSR count). The van der Waals surface area contributed by atoms with E-state index in [0.717, 1.165) is 34.7 Å². The summed E-state index contributed by atoms with van der Waals surface area (Å²) in [5.41, 5.74) is 1.78. The molecule has 0 spiro atoms. The summed E-state index contributed by atoms with van der Waals surface area (Å²) in [4.78, 5) is 4.04. The van der Waals surface area contributed by atoms with Crippen LogP contribution in [0.25, 0.3) is 17.1 Å². The quantitative estimate of drug-likeness (QED) is 0.361. The third-order valence-electron chi connectivity index (χ3n) is 4.55. The number of nitrogens with zero attached hydrogens (tertiary/aromatic N) is 4. The highest BCUT2D eigenvalue weighted by molar-refractivity contribution is 7.98. The monoisotopic (exact) mass is 442 g/mol. The van der Waals surface area contributed by atoms with E-state index >= 15 is 0 Å². The standard InChI is InChI=1S/C22H17F3N4OS/c1-30-19-8-6-18(7-9-19)29-20(16-10-12-26-13-11-16)27-28-21(29)31-14-15-2-4-17(5-3-15)22(23,24)25/h2-13H,14H2,1H3. The van der Waals surface area contributed by atoms with Crippen LogP contribution in [0.3, 0.4) is 0 Å². The Balaban J connectivity index is 1.65. The highest BCUT2D eigenvalue weighted by Crippen LogP contribution is 2.32. The summed E-state index contributed by atoms with van der Waals surface area (Å²) in [6.45, 7) is 0. The normalized spacial score (nSPS) is 11.5. The topological polar surface area (TPSA) is 52.8 Å². The minimum Gasteiger partial charge on any atom is -0.497 e. The van der Waals surface area contributed by atoms with Crippen molar-refractivity contribution in [3.8, 4) is 22.8 Å². The highest BCUT2D eigenvalue weighted by atomic mass is 32.2. The molecule has 158 valence electrons. The van der Waals surface area contributed by atoms with Crippen LogP contribution in [0.4, 0.5) is 13.2 Å². The minimum absolute atomic E-state index is 0.447. The predicted molar refractivity (Wildman–Crippen MR) is 112 cm³/mol. The second-order valence-electron chi connectivity index (χ2n) is 6.56. The third-order valence-corrected chi connectivity index (χ3v) is 5.55. The van der Waals surface area contributed by atoms with Gasteiger partial charge in [0, 0.05) is 29.4 Å². The third kappa shape index (κ3) is 4.72. The predicted octanol–water partition coefficient (Wildman–Crippen LogP) is 5.65. The molecule has 0 radical (unpaired) electrons. The second kappa shape index (κ2) is 8.81. The molecule has 0 aliphatic rings. The lowest BCUT2D eigenvalue weighted by Gasteiger charge is -2.11. The Labute approximate surface area is 180 Å². The zero-order chi connectivity index (χ0) is 21.8. The summed E-state index contributed by atoms with van der Waals surface area (Å²) in [5, 5.41) is 9.30. The van der Waals surface area contributed by atoms with Gasteiger partial charge in [-0.05, 0) is 54.1 Å². The van der Waals surface area contributed by atoms with Gasteiger partial charge in [-0.3, -0.25) is 9.55 Å². The number of hydrogen-bond acceptors (Lipinski definition) is 5. The first kappa shape index (κ1) is 20.9. The number of ether oxygens (including phenoxy) is 1. The van der Waals surface area contributed by atoms with Gasteiger partial charge in [-0.2, -0.15) is 13.2 Å². The Morgan fingerprint density at radius 3 is 2.19 bits per heavy atom. The Bertz CT molecular complexity index is 1140. The molecule has 9 heteroatoms. The molecule has 2 aromatic heterocycles. The summed E-state index contributed by atoms with van der Waals surface area (Å²) in [6, 6.07) is 16.3. The lowest BCUT2D eigenvalue weighted by atomic mass is 10.1. The van der Waals surface area contributed by atoms with Crippen LogP contribution in [0, 0.1) is 0 Å². The molecular weight excluding hydrogens is 425 g/mol. The number of aromatic nitrogens is 4. The molecule has 5 nitrogen and oxygen atoms in total. The maximum Gasteiger partial charge on any atom is 0.416 e. The van der Waals surface area contributed by atoms with E-state index in [1.807, 2.05) is 41.0 Å². The van der Waals surface area contributed by atoms with Crippen molar-refractivity contribution in [2.45, 2.75) is 17.1 Å². The van der Waals surface area contributed by atoms with Crippen molar-refractivity contribution in [2.24, 2.45) is 0 Å². The number of pyridine rings is 1. The maximum atomic E-state index is 12.8. The van der Waals surface area contributed by atoms with E-state index in [4.69, 9.17) is 4.74 Å². The fourth-order valence-electron chi connectivity index (χ4n) is 2.95. The van der Waals surface area contributed by atoms with Crippen LogP contribution < -0.4 is 4.74 Å². The van der Waals surface area contributed by atoms with E-state index in [1.54, 1.807) is 19.5 Å². The summed E-state index contributed by atoms with van der Waals surface area (Å²) in [5.74, 6) is 1.81. The molecular formula is C22H17F3N4OS. The first-order chi connectivity index (χ1) is 15.0. The highest BCUT2D eigenvalue weighted by Gasteiger charge is 2.29. The van der Waals surface area contributed by atoms with Gasteiger partial charge in [0.25, 0.3) is 0 Å². The van der Waals surface area contributed by atoms with Gasteiger partial charge in [-0.1, -0.05) is 23.9 Å². The smallest absolute Gasteiger partial charge is 0.416 e. The van der Waals surface area contributed by atoms with E-state index in [2.05, 4.69) is 15.2 Å². The fraction of sp³-hybridized carbons (Fsp3) is 0.136. The van der Waals surface area contributed by atoms with Crippen molar-refractivity contribution in [1.29, 1.82) is 0 Å². The number of thioether (sulfide) groups is 1. The van der Waals surface area contributed by atoms with E-state index in [9.17, 15) is 13.2 Å². The first-order valence-corrected chi connectivity index (χ1v) is 10.2. The van der Waals surface area contributed by atoms with Crippen molar-refractivity contribution in [1.82, 2.24) is 19.7 Å². The Morgan fingerprint density at radius 1 is 0.903 bits per heavy atom. The van der Waals surface area contributed by atoms with E-state index in [-0.39, 0.29) is 0 Å². The zero-order valence-electron chi connectivity index (χ0n) is 16.4. The average molecular weight is 442 g/mol. The number of rotatable bonds is 6. The molecule has 0 bridgehead atoms. The van der Waals surface area contributed by atoms with Crippen LogP contribution >= 0.6 is 11.8 Å². The molecule has 0 N–H and O–H groups in total. The lowest BCUT2D eigenvalue weighted by Crippen LogP contribution is -2.04. The first-order valence-electron chi connectivity index (χ1n) is 9.25. The zero-order valence-corrected chi connectivity index (χ0v) is 17.2. The van der Waals surface area contributed by atoms with Crippen molar-refractivity contribution in [2.75, 3.05) is 7.11 Å². The van der Waals surface area contributed by atoms with Crippen molar-refractivity contribution >= 4 is 11.8 Å². The van der Waals surface area contributed by atoms with Crippen molar-refractivity contribution in [3.63, 3.8) is 0 Å². The Kier molecular flexibility index (Phi) is 5.94. The van der Waals surface area contributed by atoms with Gasteiger partial charge < -0.3 is 4.74 Å². The molecule has 0 unspecified atom stereocenters. The summed E-state index contributed by atoms with van der Waals surface area (Å²) >= 11 is 1.40. The van der Waals surface area contributed by atoms with E-state index in [1.165, 1.54) is 23.9 Å². The van der Waals surface area contributed by atoms with Crippen LogP contribution in [-0.4, -0.2) is 26.9 Å². The molecule has 2 aromatic carbocycles. The molecule has 4 aromatic rings. The number of hydrogen-bond donors (Lipinski definition) is 0. The average Bonchev–Trinajstić information content (AvgIpc) is 3.22. The molecule has 0 atom stereocenters. The second-order valence-corrected chi connectivity index (χ2v) is 7.50. The van der Waals surface area contributed by atoms with Gasteiger partial charge >= 0.3 is 6.18 Å². The van der Waals surface area contributed by atoms with Crippen molar-refractivity contribution < 1.29 is 17.9 Å². The molecule has 0 amide bonds. The minimum atomic E-state index is -4.35. The van der Waals surface area contributed by atoms with Crippen LogP contribution in [0.5, 0.6) is 5.75 Å². The molecule has 0 saturated carbocycles. The van der Waals surface area contributed by atoms with E-state index in [0.29, 0.717) is 16.7 Å². The summed E-state index contributed by atoms with van der Waals surface area (Å²) < 4.78 is 45.5. The Hall–Kier alpha value is -3.33. The molecule has 0 aliphatic carbocycles. The molecule has 0 saturated heterocycles. The van der Waals surface area contributed by atoms with Gasteiger partial charge in [-0.15, -0.1) is 10.2 Å². The molecule has 2 heterocycles. The van der Waals surface area contributed by atoms with Gasteiger partial charge in [-0.25, -0.2) is 0 Å². The number of alkyl halides is 3. The maximum absolute atomic E-state index is 12.8. The van der Waals surface area contributed by atoms with Gasteiger partial charge in [0.05, 0.1) is 12.7 Å². The Morgan fingerprint density at radius 2 is 1.58 bits per heavy atom. The molecule has 0 aliphatic heterocycles.